The Morgan fingerprint density at radius 1 is 1.50 bits per heavy atom. The summed E-state index contributed by atoms with van der Waals surface area (Å²) in [6, 6.07) is 0. The molecule has 0 N–H and O–H groups in total. The van der Waals surface area contributed by atoms with E-state index in [9.17, 15) is 9.59 Å². The molecule has 0 bridgehead atoms. The third-order valence-corrected chi connectivity index (χ3v) is 0.668. The van der Waals surface area contributed by atoms with Crippen LogP contribution in [-0.4, -0.2) is 25.3 Å². The molecular formula is C5H8O3. The predicted octanol–water partition coefficient (Wildman–Crippen LogP) is -0.209. The smallest absolute Gasteiger partial charge is 0.223 e. The number of carbonyl (C=O) groups excluding carboxylic acids is 2. The molecule has 0 saturated heterocycles. The number of carbonyl (C=O) groups is 2. The van der Waals surface area contributed by atoms with Gasteiger partial charge in [0.2, 0.25) is 5.78 Å². The van der Waals surface area contributed by atoms with Crippen molar-refractivity contribution in [3.63, 3.8) is 0 Å². The highest BCUT2D eigenvalue weighted by Gasteiger charge is 2.04. The van der Waals surface area contributed by atoms with Crippen molar-refractivity contribution in [2.24, 2.45) is 0 Å². The topological polar surface area (TPSA) is 43.4 Å². The van der Waals surface area contributed by atoms with Gasteiger partial charge in [0.25, 0.3) is 0 Å². The highest BCUT2D eigenvalue weighted by molar-refractivity contribution is 6.36. The first-order valence-corrected chi connectivity index (χ1v) is 2.21. The van der Waals surface area contributed by atoms with E-state index >= 15 is 0 Å². The van der Waals surface area contributed by atoms with Gasteiger partial charge in [-0.05, 0) is 0 Å². The molecule has 0 saturated carbocycles. The van der Waals surface area contributed by atoms with Crippen LogP contribution in [0.3, 0.4) is 0 Å². The normalized spacial score (nSPS) is 8.75. The maximum Gasteiger partial charge on any atom is 0.223 e. The Kier molecular flexibility index (Phi) is 3.03. The summed E-state index contributed by atoms with van der Waals surface area (Å²) < 4.78 is 4.39. The van der Waals surface area contributed by atoms with Gasteiger partial charge in [-0.2, -0.15) is 0 Å². The molecule has 0 aromatic carbocycles. The molecule has 3 heteroatoms. The zero-order valence-electron chi connectivity index (χ0n) is 4.93. The van der Waals surface area contributed by atoms with E-state index in [1.54, 1.807) is 0 Å². The number of rotatable bonds is 3. The van der Waals surface area contributed by atoms with Crippen LogP contribution in [0, 0.1) is 0 Å². The molecule has 0 rings (SSSR count). The van der Waals surface area contributed by atoms with Crippen molar-refractivity contribution in [1.82, 2.24) is 0 Å². The van der Waals surface area contributed by atoms with Crippen LogP contribution in [0.5, 0.6) is 0 Å². The van der Waals surface area contributed by atoms with Crippen LogP contribution < -0.4 is 0 Å². The summed E-state index contributed by atoms with van der Waals surface area (Å²) in [7, 11) is 1.38. The first-order chi connectivity index (χ1) is 3.68. The Morgan fingerprint density at radius 2 is 2.00 bits per heavy atom. The molecule has 0 unspecified atom stereocenters. The molecule has 0 aromatic heterocycles. The third kappa shape index (κ3) is 2.47. The molecule has 0 aliphatic rings. The molecule has 0 heterocycles. The molecule has 3 nitrogen and oxygen atoms in total. The number of hydrogen-bond donors (Lipinski definition) is 0. The second kappa shape index (κ2) is 3.32. The van der Waals surface area contributed by atoms with Crippen molar-refractivity contribution in [3.8, 4) is 0 Å². The first-order valence-electron chi connectivity index (χ1n) is 2.21. The monoisotopic (exact) mass is 116 g/mol. The highest BCUT2D eigenvalue weighted by Crippen LogP contribution is 1.74. The molecule has 0 aliphatic heterocycles. The van der Waals surface area contributed by atoms with E-state index in [1.807, 2.05) is 0 Å². The first kappa shape index (κ1) is 7.30. The zero-order chi connectivity index (χ0) is 6.57. The minimum atomic E-state index is -0.479. The maximum absolute atomic E-state index is 10.3. The average Bonchev–Trinajstić information content (AvgIpc) is 1.67. The molecule has 0 radical (unpaired) electrons. The molecule has 0 spiro atoms. The van der Waals surface area contributed by atoms with Crippen LogP contribution in [0.1, 0.15) is 6.92 Å². The summed E-state index contributed by atoms with van der Waals surface area (Å²) in [6.07, 6.45) is 0. The van der Waals surface area contributed by atoms with Gasteiger partial charge in [-0.1, -0.05) is 0 Å². The second-order valence-electron chi connectivity index (χ2n) is 1.41. The fourth-order valence-electron chi connectivity index (χ4n) is 0.233. The predicted molar refractivity (Wildman–Crippen MR) is 27.6 cm³/mol. The summed E-state index contributed by atoms with van der Waals surface area (Å²) in [5.41, 5.74) is 0. The highest BCUT2D eigenvalue weighted by atomic mass is 16.5. The van der Waals surface area contributed by atoms with Crippen molar-refractivity contribution in [3.05, 3.63) is 0 Å². The minimum Gasteiger partial charge on any atom is -0.376 e. The van der Waals surface area contributed by atoms with E-state index in [2.05, 4.69) is 4.74 Å². The van der Waals surface area contributed by atoms with Gasteiger partial charge in [0.1, 0.15) is 6.61 Å². The fraction of sp³-hybridized carbons (Fsp3) is 0.600. The molecule has 0 aromatic rings. The van der Waals surface area contributed by atoms with Gasteiger partial charge in [0.05, 0.1) is 0 Å². The molecule has 0 fully saturated rings. The van der Waals surface area contributed by atoms with Crippen molar-refractivity contribution in [1.29, 1.82) is 0 Å². The molecule has 46 valence electrons. The summed E-state index contributed by atoms with van der Waals surface area (Å²) in [5, 5.41) is 0. The summed E-state index contributed by atoms with van der Waals surface area (Å²) >= 11 is 0. The number of Topliss-reactive ketones (excluding diaryl/α,β-unsaturated/α-hetero) is 2. The third-order valence-electron chi connectivity index (χ3n) is 0.668. The van der Waals surface area contributed by atoms with E-state index in [0.29, 0.717) is 0 Å². The Morgan fingerprint density at radius 3 is 2.12 bits per heavy atom. The van der Waals surface area contributed by atoms with Gasteiger partial charge in [-0.3, -0.25) is 9.59 Å². The van der Waals surface area contributed by atoms with Crippen molar-refractivity contribution >= 4 is 11.6 Å². The van der Waals surface area contributed by atoms with Gasteiger partial charge in [0, 0.05) is 14.0 Å². The Bertz CT molecular complexity index is 106. The Hall–Kier alpha value is -0.700. The zero-order valence-corrected chi connectivity index (χ0v) is 4.93. The van der Waals surface area contributed by atoms with E-state index < -0.39 is 11.6 Å². The standard InChI is InChI=1S/C5H8O3/c1-4(6)5(7)3-8-2/h3H2,1-2H3. The van der Waals surface area contributed by atoms with Crippen LogP contribution >= 0.6 is 0 Å². The van der Waals surface area contributed by atoms with E-state index in [4.69, 9.17) is 0 Å². The van der Waals surface area contributed by atoms with Gasteiger partial charge in [-0.15, -0.1) is 0 Å². The summed E-state index contributed by atoms with van der Waals surface area (Å²) in [6.45, 7) is 1.12. The van der Waals surface area contributed by atoms with Gasteiger partial charge >= 0.3 is 0 Å². The van der Waals surface area contributed by atoms with Gasteiger partial charge < -0.3 is 4.74 Å². The molecule has 0 aliphatic carbocycles. The van der Waals surface area contributed by atoms with Crippen LogP contribution in [0.2, 0.25) is 0 Å². The number of methoxy groups -OCH3 is 1. The van der Waals surface area contributed by atoms with Crippen LogP contribution in [-0.2, 0) is 14.3 Å². The van der Waals surface area contributed by atoms with Crippen molar-refractivity contribution in [2.45, 2.75) is 6.92 Å². The number of ketones is 2. The maximum atomic E-state index is 10.3. The lowest BCUT2D eigenvalue weighted by atomic mass is 10.3. The number of hydrogen-bond acceptors (Lipinski definition) is 3. The van der Waals surface area contributed by atoms with Crippen molar-refractivity contribution < 1.29 is 14.3 Å². The quantitative estimate of drug-likeness (QED) is 0.479. The van der Waals surface area contributed by atoms with E-state index in [0.717, 1.165) is 0 Å². The SMILES string of the molecule is COCC(=O)C(C)=O. The fourth-order valence-corrected chi connectivity index (χ4v) is 0.233. The van der Waals surface area contributed by atoms with Gasteiger partial charge in [-0.25, -0.2) is 0 Å². The van der Waals surface area contributed by atoms with Crippen LogP contribution in [0.25, 0.3) is 0 Å². The largest absolute Gasteiger partial charge is 0.376 e. The van der Waals surface area contributed by atoms with E-state index in [1.165, 1.54) is 14.0 Å². The molecule has 0 atom stereocenters. The van der Waals surface area contributed by atoms with Gasteiger partial charge in [0.15, 0.2) is 5.78 Å². The summed E-state index contributed by atoms with van der Waals surface area (Å²) in [4.78, 5) is 20.4. The Balaban J connectivity index is 3.49. The lowest BCUT2D eigenvalue weighted by Crippen LogP contribution is -2.14. The molecule has 8 heavy (non-hydrogen) atoms. The lowest BCUT2D eigenvalue weighted by molar-refractivity contribution is -0.137. The summed E-state index contributed by atoms with van der Waals surface area (Å²) in [5.74, 6) is -0.931. The Labute approximate surface area is 47.6 Å². The molecule has 0 amide bonds. The van der Waals surface area contributed by atoms with Crippen LogP contribution in [0.4, 0.5) is 0 Å². The van der Waals surface area contributed by atoms with Crippen molar-refractivity contribution in [2.75, 3.05) is 13.7 Å². The molecular weight excluding hydrogens is 108 g/mol. The average molecular weight is 116 g/mol. The lowest BCUT2D eigenvalue weighted by Gasteiger charge is -1.89. The number of ether oxygens (including phenoxy) is 1. The minimum absolute atomic E-state index is 0.102. The van der Waals surface area contributed by atoms with Crippen LogP contribution in [0.15, 0.2) is 0 Å². The van der Waals surface area contributed by atoms with E-state index in [-0.39, 0.29) is 6.61 Å². The second-order valence-corrected chi connectivity index (χ2v) is 1.41.